The molecule has 0 fully saturated rings. The lowest BCUT2D eigenvalue weighted by Gasteiger charge is -2.20. The van der Waals surface area contributed by atoms with E-state index in [0.29, 0.717) is 13.1 Å². The average molecular weight is 482 g/mol. The van der Waals surface area contributed by atoms with Crippen molar-refractivity contribution >= 4 is 23.9 Å². The number of benzene rings is 2. The van der Waals surface area contributed by atoms with Gasteiger partial charge in [-0.1, -0.05) is 48.5 Å². The molecule has 3 N–H and O–H groups in total. The second-order valence-electron chi connectivity index (χ2n) is 8.23. The third-order valence-electron chi connectivity index (χ3n) is 6.09. The fraction of sp³-hybridized carbons (Fsp3) is 0.385. The summed E-state index contributed by atoms with van der Waals surface area (Å²) in [5, 5.41) is 14.1. The summed E-state index contributed by atoms with van der Waals surface area (Å²) in [7, 11) is 0. The van der Waals surface area contributed by atoms with Gasteiger partial charge in [-0.2, -0.15) is 0 Å². The van der Waals surface area contributed by atoms with Crippen LogP contribution in [0.1, 0.15) is 43.7 Å². The van der Waals surface area contributed by atoms with Crippen LogP contribution in [0.4, 0.5) is 4.79 Å². The molecule has 186 valence electrons. The van der Waals surface area contributed by atoms with Crippen molar-refractivity contribution in [3.05, 3.63) is 59.7 Å². The number of carbonyl (C=O) groups excluding carboxylic acids is 3. The molecular weight excluding hydrogens is 450 g/mol. The Morgan fingerprint density at radius 1 is 0.971 bits per heavy atom. The molecule has 0 heterocycles. The Hall–Kier alpha value is -3.88. The number of alkyl carbamates (subject to hydrolysis) is 1. The first-order valence-electron chi connectivity index (χ1n) is 11.7. The largest absolute Gasteiger partial charge is 0.481 e. The molecule has 9 nitrogen and oxygen atoms in total. The Morgan fingerprint density at radius 3 is 2.09 bits per heavy atom. The van der Waals surface area contributed by atoms with E-state index in [2.05, 4.69) is 10.6 Å². The molecule has 1 unspecified atom stereocenters. The Balaban J connectivity index is 1.57. The molecule has 0 aliphatic heterocycles. The number of hydrogen-bond acceptors (Lipinski definition) is 5. The first-order chi connectivity index (χ1) is 16.8. The molecule has 3 rings (SSSR count). The van der Waals surface area contributed by atoms with Gasteiger partial charge in [0.1, 0.15) is 12.6 Å². The number of amides is 3. The summed E-state index contributed by atoms with van der Waals surface area (Å²) in [6, 6.07) is 14.5. The van der Waals surface area contributed by atoms with Crippen LogP contribution >= 0.6 is 0 Å². The molecule has 0 radical (unpaired) electrons. The number of carboxylic acids is 1. The predicted octanol–water partition coefficient (Wildman–Crippen LogP) is 2.74. The van der Waals surface area contributed by atoms with E-state index in [9.17, 15) is 24.3 Å². The second kappa shape index (κ2) is 12.0. The fourth-order valence-electron chi connectivity index (χ4n) is 4.32. The van der Waals surface area contributed by atoms with Gasteiger partial charge in [0.15, 0.2) is 0 Å². The maximum Gasteiger partial charge on any atom is 0.407 e. The van der Waals surface area contributed by atoms with Gasteiger partial charge < -0.3 is 25.4 Å². The van der Waals surface area contributed by atoms with Crippen molar-refractivity contribution in [1.29, 1.82) is 0 Å². The van der Waals surface area contributed by atoms with E-state index >= 15 is 0 Å². The number of ether oxygens (including phenoxy) is 1. The maximum absolute atomic E-state index is 12.5. The molecule has 0 bridgehead atoms. The van der Waals surface area contributed by atoms with Crippen LogP contribution in [-0.4, -0.2) is 66.2 Å². The molecule has 0 saturated carbocycles. The SMILES string of the molecule is CCN(CC)C(=O)CCNC(=O)C(CC(=O)O)NC(=O)OCC1c2ccccc2-c2ccccc21. The minimum Gasteiger partial charge on any atom is -0.481 e. The molecule has 1 atom stereocenters. The van der Waals surface area contributed by atoms with Crippen molar-refractivity contribution in [2.75, 3.05) is 26.2 Å². The first kappa shape index (κ1) is 25.7. The van der Waals surface area contributed by atoms with Crippen LogP contribution < -0.4 is 10.6 Å². The van der Waals surface area contributed by atoms with Gasteiger partial charge in [-0.25, -0.2) is 4.79 Å². The van der Waals surface area contributed by atoms with Crippen molar-refractivity contribution in [2.24, 2.45) is 0 Å². The van der Waals surface area contributed by atoms with E-state index < -0.39 is 30.4 Å². The van der Waals surface area contributed by atoms with E-state index in [0.717, 1.165) is 22.3 Å². The fourth-order valence-corrected chi connectivity index (χ4v) is 4.32. The van der Waals surface area contributed by atoms with Crippen molar-refractivity contribution in [1.82, 2.24) is 15.5 Å². The van der Waals surface area contributed by atoms with Crippen molar-refractivity contribution < 1.29 is 29.0 Å². The van der Waals surface area contributed by atoms with Gasteiger partial charge in [0.05, 0.1) is 6.42 Å². The molecule has 2 aromatic carbocycles. The highest BCUT2D eigenvalue weighted by Crippen LogP contribution is 2.44. The number of fused-ring (bicyclic) bond motifs is 3. The zero-order chi connectivity index (χ0) is 25.4. The van der Waals surface area contributed by atoms with E-state index in [1.54, 1.807) is 4.90 Å². The topological polar surface area (TPSA) is 125 Å². The summed E-state index contributed by atoms with van der Waals surface area (Å²) in [5.41, 5.74) is 4.25. The highest BCUT2D eigenvalue weighted by molar-refractivity contribution is 5.89. The lowest BCUT2D eigenvalue weighted by atomic mass is 9.98. The van der Waals surface area contributed by atoms with Gasteiger partial charge in [0, 0.05) is 32.0 Å². The molecule has 1 aliphatic rings. The minimum atomic E-state index is -1.33. The maximum atomic E-state index is 12.5. The van der Waals surface area contributed by atoms with E-state index in [1.807, 2.05) is 62.4 Å². The molecule has 1 aliphatic carbocycles. The van der Waals surface area contributed by atoms with Gasteiger partial charge in [0.2, 0.25) is 11.8 Å². The van der Waals surface area contributed by atoms with Crippen LogP contribution in [0.2, 0.25) is 0 Å². The molecule has 0 spiro atoms. The zero-order valence-electron chi connectivity index (χ0n) is 20.0. The molecule has 3 amide bonds. The number of nitrogens with zero attached hydrogens (tertiary/aromatic N) is 1. The van der Waals surface area contributed by atoms with Crippen molar-refractivity contribution in [2.45, 2.75) is 38.6 Å². The normalized spacial score (nSPS) is 12.7. The number of nitrogens with one attached hydrogen (secondary N) is 2. The van der Waals surface area contributed by atoms with E-state index in [4.69, 9.17) is 4.74 Å². The van der Waals surface area contributed by atoms with Gasteiger partial charge in [-0.15, -0.1) is 0 Å². The highest BCUT2D eigenvalue weighted by Gasteiger charge is 2.30. The Bertz CT molecular complexity index is 1040. The van der Waals surface area contributed by atoms with Crippen molar-refractivity contribution in [3.63, 3.8) is 0 Å². The number of carboxylic acid groups (broad SMARTS) is 1. The minimum absolute atomic E-state index is 0.0383. The van der Waals surface area contributed by atoms with Crippen LogP contribution in [0.5, 0.6) is 0 Å². The second-order valence-corrected chi connectivity index (χ2v) is 8.23. The zero-order valence-corrected chi connectivity index (χ0v) is 20.0. The summed E-state index contributed by atoms with van der Waals surface area (Å²) in [5.74, 6) is -2.21. The van der Waals surface area contributed by atoms with Gasteiger partial charge in [-0.3, -0.25) is 14.4 Å². The third-order valence-corrected chi connectivity index (χ3v) is 6.09. The monoisotopic (exact) mass is 481 g/mol. The summed E-state index contributed by atoms with van der Waals surface area (Å²) in [6.45, 7) is 4.93. The predicted molar refractivity (Wildman–Crippen MR) is 130 cm³/mol. The molecule has 9 heteroatoms. The van der Waals surface area contributed by atoms with Crippen LogP contribution in [0.25, 0.3) is 11.1 Å². The quantitative estimate of drug-likeness (QED) is 0.453. The average Bonchev–Trinajstić information content (AvgIpc) is 3.16. The molecule has 35 heavy (non-hydrogen) atoms. The molecular formula is C26H31N3O6. The van der Waals surface area contributed by atoms with Gasteiger partial charge in [-0.05, 0) is 36.1 Å². The molecule has 0 saturated heterocycles. The Kier molecular flexibility index (Phi) is 8.83. The van der Waals surface area contributed by atoms with Crippen LogP contribution in [0.3, 0.4) is 0 Å². The highest BCUT2D eigenvalue weighted by atomic mass is 16.5. The first-order valence-corrected chi connectivity index (χ1v) is 11.7. The number of hydrogen-bond donors (Lipinski definition) is 3. The summed E-state index contributed by atoms with van der Waals surface area (Å²) in [6.07, 6.45) is -1.41. The van der Waals surface area contributed by atoms with Crippen molar-refractivity contribution in [3.8, 4) is 11.1 Å². The Labute approximate surface area is 204 Å². The summed E-state index contributed by atoms with van der Waals surface area (Å²) < 4.78 is 5.42. The standard InChI is InChI=1S/C26H31N3O6/c1-3-29(4-2)23(30)13-14-27-25(33)22(15-24(31)32)28-26(34)35-16-21-19-11-7-5-9-17(19)18-10-6-8-12-20(18)21/h5-12,21-22H,3-4,13-16H2,1-2H3,(H,27,33)(H,28,34)(H,31,32). The summed E-state index contributed by atoms with van der Waals surface area (Å²) >= 11 is 0. The lowest BCUT2D eigenvalue weighted by Crippen LogP contribution is -2.48. The summed E-state index contributed by atoms with van der Waals surface area (Å²) in [4.78, 5) is 50.0. The number of aliphatic carboxylic acids is 1. The van der Waals surface area contributed by atoms with E-state index in [1.165, 1.54) is 0 Å². The van der Waals surface area contributed by atoms with Gasteiger partial charge >= 0.3 is 12.1 Å². The van der Waals surface area contributed by atoms with Crippen LogP contribution in [0.15, 0.2) is 48.5 Å². The molecule has 2 aromatic rings. The number of carbonyl (C=O) groups is 4. The number of rotatable bonds is 11. The van der Waals surface area contributed by atoms with E-state index in [-0.39, 0.29) is 31.4 Å². The Morgan fingerprint density at radius 2 is 1.54 bits per heavy atom. The third kappa shape index (κ3) is 6.38. The lowest BCUT2D eigenvalue weighted by molar-refractivity contribution is -0.140. The van der Waals surface area contributed by atoms with Crippen LogP contribution in [-0.2, 0) is 19.1 Å². The van der Waals surface area contributed by atoms with Crippen LogP contribution in [0, 0.1) is 0 Å². The smallest absolute Gasteiger partial charge is 0.407 e. The molecule has 0 aromatic heterocycles. The van der Waals surface area contributed by atoms with Gasteiger partial charge in [0.25, 0.3) is 0 Å².